The Balaban J connectivity index is 2.45. The van der Waals surface area contributed by atoms with Crippen LogP contribution in [0.4, 0.5) is 4.79 Å². The number of carbonyl (C=O) groups excluding carboxylic acids is 2. The van der Waals surface area contributed by atoms with Gasteiger partial charge in [0, 0.05) is 19.0 Å². The van der Waals surface area contributed by atoms with E-state index in [1.807, 2.05) is 0 Å². The van der Waals surface area contributed by atoms with Crippen LogP contribution in [-0.4, -0.2) is 53.7 Å². The summed E-state index contributed by atoms with van der Waals surface area (Å²) in [6.45, 7) is 2.42. The van der Waals surface area contributed by atoms with Crippen LogP contribution in [0.2, 0.25) is 0 Å². The molecule has 1 rings (SSSR count). The summed E-state index contributed by atoms with van der Waals surface area (Å²) >= 11 is 0. The molecular weight excluding hydrogens is 264 g/mol. The van der Waals surface area contributed by atoms with Crippen molar-refractivity contribution < 1.29 is 24.2 Å². The van der Waals surface area contributed by atoms with Gasteiger partial charge in [0.2, 0.25) is 0 Å². The van der Waals surface area contributed by atoms with E-state index in [-0.39, 0.29) is 31.6 Å². The number of urea groups is 1. The minimum absolute atomic E-state index is 0.0479. The normalized spacial score (nSPS) is 18.4. The number of amides is 2. The SMILES string of the molecule is CCOC(=O)CNC(=O)N1CCCCC1CCC(=O)O. The van der Waals surface area contributed by atoms with Gasteiger partial charge in [-0.2, -0.15) is 0 Å². The molecule has 20 heavy (non-hydrogen) atoms. The van der Waals surface area contributed by atoms with Crippen molar-refractivity contribution in [3.63, 3.8) is 0 Å². The van der Waals surface area contributed by atoms with Crippen LogP contribution < -0.4 is 5.32 Å². The van der Waals surface area contributed by atoms with E-state index in [1.54, 1.807) is 11.8 Å². The largest absolute Gasteiger partial charge is 0.481 e. The van der Waals surface area contributed by atoms with Crippen molar-refractivity contribution in [1.29, 1.82) is 0 Å². The van der Waals surface area contributed by atoms with Gasteiger partial charge in [-0.05, 0) is 32.6 Å². The van der Waals surface area contributed by atoms with Crippen LogP contribution in [0.15, 0.2) is 0 Å². The van der Waals surface area contributed by atoms with Crippen molar-refractivity contribution in [3.8, 4) is 0 Å². The number of nitrogens with one attached hydrogen (secondary N) is 1. The Morgan fingerprint density at radius 1 is 1.35 bits per heavy atom. The summed E-state index contributed by atoms with van der Waals surface area (Å²) in [4.78, 5) is 35.5. The Bertz CT molecular complexity index is 359. The summed E-state index contributed by atoms with van der Waals surface area (Å²) in [6.07, 6.45) is 3.19. The fourth-order valence-electron chi connectivity index (χ4n) is 2.32. The molecule has 1 aliphatic rings. The summed E-state index contributed by atoms with van der Waals surface area (Å²) in [5.41, 5.74) is 0. The molecule has 1 fully saturated rings. The summed E-state index contributed by atoms with van der Waals surface area (Å²) in [6, 6.07) is -0.393. The first kappa shape index (κ1) is 16.3. The minimum Gasteiger partial charge on any atom is -0.481 e. The van der Waals surface area contributed by atoms with Gasteiger partial charge in [0.05, 0.1) is 6.61 Å². The summed E-state index contributed by atoms with van der Waals surface area (Å²) in [5, 5.41) is 11.2. The monoisotopic (exact) mass is 286 g/mol. The van der Waals surface area contributed by atoms with Crippen molar-refractivity contribution in [2.24, 2.45) is 0 Å². The van der Waals surface area contributed by atoms with Crippen LogP contribution in [0.25, 0.3) is 0 Å². The molecule has 1 unspecified atom stereocenters. The van der Waals surface area contributed by atoms with E-state index >= 15 is 0 Å². The smallest absolute Gasteiger partial charge is 0.325 e. The van der Waals surface area contributed by atoms with Crippen molar-refractivity contribution in [2.75, 3.05) is 19.7 Å². The summed E-state index contributed by atoms with van der Waals surface area (Å²) < 4.78 is 4.74. The maximum atomic E-state index is 12.0. The number of hydrogen-bond donors (Lipinski definition) is 2. The third kappa shape index (κ3) is 5.46. The third-order valence-electron chi connectivity index (χ3n) is 3.27. The second kappa shape index (κ2) is 8.39. The fraction of sp³-hybridized carbons (Fsp3) is 0.769. The topological polar surface area (TPSA) is 95.9 Å². The van der Waals surface area contributed by atoms with Gasteiger partial charge in [0.15, 0.2) is 0 Å². The lowest BCUT2D eigenvalue weighted by atomic mass is 9.98. The average molecular weight is 286 g/mol. The third-order valence-corrected chi connectivity index (χ3v) is 3.27. The molecule has 1 heterocycles. The van der Waals surface area contributed by atoms with Gasteiger partial charge in [-0.1, -0.05) is 0 Å². The van der Waals surface area contributed by atoms with Crippen LogP contribution in [0.3, 0.4) is 0 Å². The molecule has 0 aromatic heterocycles. The van der Waals surface area contributed by atoms with E-state index in [2.05, 4.69) is 5.32 Å². The molecule has 114 valence electrons. The number of nitrogens with zero attached hydrogens (tertiary/aromatic N) is 1. The highest BCUT2D eigenvalue weighted by atomic mass is 16.5. The molecule has 7 nitrogen and oxygen atoms in total. The number of carboxylic acids is 1. The maximum Gasteiger partial charge on any atom is 0.325 e. The van der Waals surface area contributed by atoms with E-state index in [0.29, 0.717) is 13.0 Å². The molecule has 7 heteroatoms. The molecule has 1 saturated heterocycles. The molecule has 0 aromatic rings. The van der Waals surface area contributed by atoms with E-state index in [4.69, 9.17) is 9.84 Å². The molecule has 0 radical (unpaired) electrons. The molecule has 0 aromatic carbocycles. The van der Waals surface area contributed by atoms with E-state index < -0.39 is 11.9 Å². The van der Waals surface area contributed by atoms with Crippen LogP contribution in [0, 0.1) is 0 Å². The van der Waals surface area contributed by atoms with Crippen molar-refractivity contribution in [2.45, 2.75) is 45.1 Å². The minimum atomic E-state index is -0.859. The van der Waals surface area contributed by atoms with Gasteiger partial charge >= 0.3 is 18.0 Å². The lowest BCUT2D eigenvalue weighted by Gasteiger charge is -2.35. The Morgan fingerprint density at radius 2 is 2.10 bits per heavy atom. The second-order valence-corrected chi connectivity index (χ2v) is 4.74. The average Bonchev–Trinajstić information content (AvgIpc) is 2.43. The first-order valence-electron chi connectivity index (χ1n) is 6.96. The van der Waals surface area contributed by atoms with Crippen LogP contribution >= 0.6 is 0 Å². The molecule has 0 spiro atoms. The number of esters is 1. The first-order valence-corrected chi connectivity index (χ1v) is 6.96. The fourth-order valence-corrected chi connectivity index (χ4v) is 2.32. The summed E-state index contributed by atoms with van der Waals surface area (Å²) in [7, 11) is 0. The number of aliphatic carboxylic acids is 1. The zero-order chi connectivity index (χ0) is 15.0. The highest BCUT2D eigenvalue weighted by Gasteiger charge is 2.27. The molecule has 0 aliphatic carbocycles. The number of piperidine rings is 1. The predicted octanol–water partition coefficient (Wildman–Crippen LogP) is 0.978. The maximum absolute atomic E-state index is 12.0. The molecular formula is C13H22N2O5. The Labute approximate surface area is 118 Å². The van der Waals surface area contributed by atoms with Crippen LogP contribution in [0.1, 0.15) is 39.0 Å². The zero-order valence-corrected chi connectivity index (χ0v) is 11.8. The second-order valence-electron chi connectivity index (χ2n) is 4.74. The number of rotatable bonds is 6. The number of carboxylic acid groups (broad SMARTS) is 1. The lowest BCUT2D eigenvalue weighted by Crippen LogP contribution is -2.49. The molecule has 2 amide bonds. The van der Waals surface area contributed by atoms with Crippen LogP contribution in [0.5, 0.6) is 0 Å². The molecule has 1 atom stereocenters. The van der Waals surface area contributed by atoms with E-state index in [9.17, 15) is 14.4 Å². The van der Waals surface area contributed by atoms with E-state index in [0.717, 1.165) is 19.3 Å². The van der Waals surface area contributed by atoms with Gasteiger partial charge in [0.25, 0.3) is 0 Å². The Morgan fingerprint density at radius 3 is 2.75 bits per heavy atom. The number of ether oxygens (including phenoxy) is 1. The highest BCUT2D eigenvalue weighted by Crippen LogP contribution is 2.20. The zero-order valence-electron chi connectivity index (χ0n) is 11.8. The summed E-state index contributed by atoms with van der Waals surface area (Å²) in [5.74, 6) is -1.33. The lowest BCUT2D eigenvalue weighted by molar-refractivity contribution is -0.141. The number of hydrogen-bond acceptors (Lipinski definition) is 4. The van der Waals surface area contributed by atoms with Gasteiger partial charge in [-0.25, -0.2) is 4.79 Å². The number of carbonyl (C=O) groups is 3. The molecule has 0 saturated carbocycles. The highest BCUT2D eigenvalue weighted by molar-refractivity contribution is 5.81. The van der Waals surface area contributed by atoms with Gasteiger partial charge in [-0.15, -0.1) is 0 Å². The van der Waals surface area contributed by atoms with Gasteiger partial charge in [0.1, 0.15) is 6.54 Å². The van der Waals surface area contributed by atoms with Crippen molar-refractivity contribution in [3.05, 3.63) is 0 Å². The van der Waals surface area contributed by atoms with Crippen molar-refractivity contribution in [1.82, 2.24) is 10.2 Å². The molecule has 2 N–H and O–H groups in total. The quantitative estimate of drug-likeness (QED) is 0.709. The Hall–Kier alpha value is -1.79. The molecule has 0 bridgehead atoms. The first-order chi connectivity index (χ1) is 9.54. The number of likely N-dealkylation sites (tertiary alicyclic amines) is 1. The Kier molecular flexibility index (Phi) is 6.83. The molecule has 1 aliphatic heterocycles. The van der Waals surface area contributed by atoms with Gasteiger partial charge in [-0.3, -0.25) is 9.59 Å². The van der Waals surface area contributed by atoms with Crippen LogP contribution in [-0.2, 0) is 14.3 Å². The predicted molar refractivity (Wildman–Crippen MR) is 71.2 cm³/mol. The standard InChI is InChI=1S/C13H22N2O5/c1-2-20-12(18)9-14-13(19)15-8-4-3-5-10(15)6-7-11(16)17/h10H,2-9H2,1H3,(H,14,19)(H,16,17). The van der Waals surface area contributed by atoms with E-state index in [1.165, 1.54) is 0 Å². The van der Waals surface area contributed by atoms with Gasteiger partial charge < -0.3 is 20.1 Å². The van der Waals surface area contributed by atoms with Crippen molar-refractivity contribution >= 4 is 18.0 Å².